The second-order valence-corrected chi connectivity index (χ2v) is 8.62. The molecule has 1 aliphatic heterocycles. The van der Waals surface area contributed by atoms with Crippen molar-refractivity contribution >= 4 is 26.7 Å². The van der Waals surface area contributed by atoms with Gasteiger partial charge in [0.1, 0.15) is 17.3 Å². The number of carbonyl (C=O) groups excluding carboxylic acids is 1. The summed E-state index contributed by atoms with van der Waals surface area (Å²) < 4.78 is 27.9. The van der Waals surface area contributed by atoms with Crippen LogP contribution in [0.1, 0.15) is 43.0 Å². The lowest BCUT2D eigenvalue weighted by molar-refractivity contribution is -0.120. The van der Waals surface area contributed by atoms with Crippen molar-refractivity contribution in [2.24, 2.45) is 4.99 Å². The second kappa shape index (κ2) is 8.61. The predicted molar refractivity (Wildman–Crippen MR) is 116 cm³/mol. The van der Waals surface area contributed by atoms with Gasteiger partial charge in [0.15, 0.2) is 0 Å². The minimum absolute atomic E-state index is 0.153. The van der Waals surface area contributed by atoms with Gasteiger partial charge in [0.25, 0.3) is 10.0 Å². The van der Waals surface area contributed by atoms with Gasteiger partial charge >= 0.3 is 0 Å². The molecule has 0 aromatic heterocycles. The molecule has 2 N–H and O–H groups in total. The Labute approximate surface area is 171 Å². The number of amides is 1. The second-order valence-electron chi connectivity index (χ2n) is 7.00. The number of benzene rings is 2. The largest absolute Gasteiger partial charge is 0.348 e. The monoisotopic (exact) mass is 411 g/mol. The van der Waals surface area contributed by atoms with Crippen molar-refractivity contribution in [3.8, 4) is 0 Å². The molecule has 0 bridgehead atoms. The molecule has 2 aromatic rings. The summed E-state index contributed by atoms with van der Waals surface area (Å²) in [6.07, 6.45) is 0.482. The number of rotatable bonds is 6. The van der Waals surface area contributed by atoms with E-state index in [-0.39, 0.29) is 29.2 Å². The van der Waals surface area contributed by atoms with Crippen LogP contribution < -0.4 is 10.0 Å². The zero-order valence-corrected chi connectivity index (χ0v) is 17.6. The fourth-order valence-electron chi connectivity index (χ4n) is 3.26. The van der Waals surface area contributed by atoms with Crippen LogP contribution in [0.2, 0.25) is 0 Å². The number of carbonyl (C=O) groups is 1. The number of sulfonamides is 1. The van der Waals surface area contributed by atoms with E-state index in [1.54, 1.807) is 12.1 Å². The maximum Gasteiger partial charge on any atom is 0.264 e. The maximum atomic E-state index is 12.7. The molecular formula is C22H25N3O3S. The summed E-state index contributed by atoms with van der Waals surface area (Å²) in [6.45, 7) is 5.56. The normalized spacial score (nSPS) is 17.8. The highest BCUT2D eigenvalue weighted by Gasteiger charge is 2.34. The first-order valence-corrected chi connectivity index (χ1v) is 11.0. The predicted octanol–water partition coefficient (Wildman–Crippen LogP) is 3.33. The molecule has 1 atom stereocenters. The van der Waals surface area contributed by atoms with Gasteiger partial charge < -0.3 is 5.32 Å². The molecule has 0 saturated heterocycles. The van der Waals surface area contributed by atoms with Gasteiger partial charge in [0.2, 0.25) is 5.91 Å². The summed E-state index contributed by atoms with van der Waals surface area (Å²) in [7, 11) is -3.71. The fourth-order valence-corrected chi connectivity index (χ4v) is 4.82. The summed E-state index contributed by atoms with van der Waals surface area (Å²) in [6, 6.07) is 16.8. The Morgan fingerprint density at radius 3 is 2.38 bits per heavy atom. The SMILES string of the molecule is CCC1=C(c2ccc(C)cc2)S(=O)(=O)NC1=NCC(=O)N[C@@H](C)c1ccccc1. The van der Waals surface area contributed by atoms with Gasteiger partial charge in [-0.1, -0.05) is 67.1 Å². The van der Waals surface area contributed by atoms with Crippen molar-refractivity contribution in [2.75, 3.05) is 6.54 Å². The van der Waals surface area contributed by atoms with Crippen molar-refractivity contribution in [1.82, 2.24) is 10.0 Å². The molecule has 7 heteroatoms. The molecule has 0 fully saturated rings. The van der Waals surface area contributed by atoms with E-state index in [1.807, 2.05) is 63.2 Å². The van der Waals surface area contributed by atoms with Gasteiger partial charge in [-0.3, -0.25) is 14.5 Å². The molecule has 0 aliphatic carbocycles. The third-order valence-electron chi connectivity index (χ3n) is 4.78. The zero-order chi connectivity index (χ0) is 21.0. The van der Waals surface area contributed by atoms with Gasteiger partial charge in [0, 0.05) is 5.57 Å². The number of hydrogen-bond donors (Lipinski definition) is 2. The molecule has 152 valence electrons. The van der Waals surface area contributed by atoms with Crippen LogP contribution >= 0.6 is 0 Å². The fraction of sp³-hybridized carbons (Fsp3) is 0.273. The van der Waals surface area contributed by atoms with E-state index >= 15 is 0 Å². The van der Waals surface area contributed by atoms with Crippen molar-refractivity contribution in [3.05, 3.63) is 76.9 Å². The Hall–Kier alpha value is -2.93. The Balaban J connectivity index is 1.80. The van der Waals surface area contributed by atoms with Crippen molar-refractivity contribution in [3.63, 3.8) is 0 Å². The highest BCUT2D eigenvalue weighted by molar-refractivity contribution is 8.00. The first-order chi connectivity index (χ1) is 13.8. The number of nitrogens with one attached hydrogen (secondary N) is 2. The molecule has 0 spiro atoms. The molecule has 29 heavy (non-hydrogen) atoms. The van der Waals surface area contributed by atoms with Gasteiger partial charge in [-0.05, 0) is 31.4 Å². The lowest BCUT2D eigenvalue weighted by Gasteiger charge is -2.13. The van der Waals surface area contributed by atoms with E-state index in [0.29, 0.717) is 17.6 Å². The summed E-state index contributed by atoms with van der Waals surface area (Å²) in [5.41, 5.74) is 3.25. The van der Waals surface area contributed by atoms with Crippen LogP contribution in [-0.2, 0) is 14.8 Å². The van der Waals surface area contributed by atoms with Crippen LogP contribution in [0.3, 0.4) is 0 Å². The molecule has 1 aliphatic rings. The quantitative estimate of drug-likeness (QED) is 0.764. The molecule has 0 radical (unpaired) electrons. The van der Waals surface area contributed by atoms with E-state index in [2.05, 4.69) is 15.0 Å². The first kappa shape index (κ1) is 20.8. The molecule has 3 rings (SSSR count). The van der Waals surface area contributed by atoms with E-state index in [4.69, 9.17) is 0 Å². The van der Waals surface area contributed by atoms with Crippen LogP contribution in [0.5, 0.6) is 0 Å². The van der Waals surface area contributed by atoms with Crippen LogP contribution in [0.15, 0.2) is 65.2 Å². The molecule has 6 nitrogen and oxygen atoms in total. The number of amidine groups is 1. The summed E-state index contributed by atoms with van der Waals surface area (Å²) >= 11 is 0. The minimum Gasteiger partial charge on any atom is -0.348 e. The summed E-state index contributed by atoms with van der Waals surface area (Å²) in [5.74, 6) is -0.0297. The number of hydrogen-bond acceptors (Lipinski definition) is 4. The Morgan fingerprint density at radius 2 is 1.76 bits per heavy atom. The third kappa shape index (κ3) is 4.74. The van der Waals surface area contributed by atoms with Crippen LogP contribution in [0.4, 0.5) is 0 Å². The molecule has 1 amide bonds. The van der Waals surface area contributed by atoms with E-state index in [9.17, 15) is 13.2 Å². The molecule has 0 unspecified atom stereocenters. The number of aryl methyl sites for hydroxylation is 1. The summed E-state index contributed by atoms with van der Waals surface area (Å²) in [5, 5.41) is 2.88. The Morgan fingerprint density at radius 1 is 1.10 bits per heavy atom. The number of aliphatic imine (C=N–C) groups is 1. The van der Waals surface area contributed by atoms with E-state index in [0.717, 1.165) is 11.1 Å². The molecule has 0 saturated carbocycles. The van der Waals surface area contributed by atoms with Crippen molar-refractivity contribution in [2.45, 2.75) is 33.2 Å². The minimum atomic E-state index is -3.71. The summed E-state index contributed by atoms with van der Waals surface area (Å²) in [4.78, 5) is 16.8. The topological polar surface area (TPSA) is 87.6 Å². The smallest absolute Gasteiger partial charge is 0.264 e. The van der Waals surface area contributed by atoms with Crippen LogP contribution in [-0.4, -0.2) is 26.7 Å². The molecule has 1 heterocycles. The van der Waals surface area contributed by atoms with Gasteiger partial charge in [-0.25, -0.2) is 8.42 Å². The lowest BCUT2D eigenvalue weighted by atomic mass is 10.1. The average molecular weight is 412 g/mol. The lowest BCUT2D eigenvalue weighted by Crippen LogP contribution is -2.30. The number of nitrogens with zero attached hydrogens (tertiary/aromatic N) is 1. The van der Waals surface area contributed by atoms with Crippen LogP contribution in [0.25, 0.3) is 4.91 Å². The van der Waals surface area contributed by atoms with Crippen LogP contribution in [0, 0.1) is 6.92 Å². The third-order valence-corrected chi connectivity index (χ3v) is 6.27. The Kier molecular flexibility index (Phi) is 6.17. The van der Waals surface area contributed by atoms with E-state index < -0.39 is 10.0 Å². The van der Waals surface area contributed by atoms with Crippen molar-refractivity contribution in [1.29, 1.82) is 0 Å². The van der Waals surface area contributed by atoms with E-state index in [1.165, 1.54) is 0 Å². The first-order valence-electron chi connectivity index (χ1n) is 9.54. The van der Waals surface area contributed by atoms with Crippen molar-refractivity contribution < 1.29 is 13.2 Å². The molecule has 2 aromatic carbocycles. The highest BCUT2D eigenvalue weighted by Crippen LogP contribution is 2.31. The van der Waals surface area contributed by atoms with Gasteiger partial charge in [-0.15, -0.1) is 0 Å². The highest BCUT2D eigenvalue weighted by atomic mass is 32.2. The zero-order valence-electron chi connectivity index (χ0n) is 16.8. The standard InChI is InChI=1S/C22H25N3O3S/c1-4-19-21(18-12-10-15(2)11-13-18)29(27,28)25-22(19)23-14-20(26)24-16(3)17-8-6-5-7-9-17/h5-13,16H,4,14H2,1-3H3,(H,23,25)(H,24,26)/t16-/m0/s1. The average Bonchev–Trinajstić information content (AvgIpc) is 2.97. The maximum absolute atomic E-state index is 12.7. The van der Waals surface area contributed by atoms with Gasteiger partial charge in [0.05, 0.1) is 6.04 Å². The van der Waals surface area contributed by atoms with Gasteiger partial charge in [-0.2, -0.15) is 0 Å². The Bertz CT molecular complexity index is 1060. The molecular weight excluding hydrogens is 386 g/mol.